The molecule has 1 aromatic rings. The van der Waals surface area contributed by atoms with Crippen molar-refractivity contribution in [3.05, 3.63) is 29.8 Å². The van der Waals surface area contributed by atoms with Crippen molar-refractivity contribution in [2.45, 2.75) is 31.1 Å². The Hall–Kier alpha value is -0.950. The van der Waals surface area contributed by atoms with E-state index in [2.05, 4.69) is 4.72 Å². The van der Waals surface area contributed by atoms with Crippen LogP contribution in [-0.4, -0.2) is 39.9 Å². The van der Waals surface area contributed by atoms with Crippen LogP contribution in [0.1, 0.15) is 25.3 Å². The van der Waals surface area contributed by atoms with Crippen LogP contribution in [0.25, 0.3) is 0 Å². The van der Waals surface area contributed by atoms with Gasteiger partial charge in [0, 0.05) is 26.4 Å². The maximum atomic E-state index is 12.0. The van der Waals surface area contributed by atoms with Crippen molar-refractivity contribution in [1.29, 1.82) is 0 Å². The van der Waals surface area contributed by atoms with Gasteiger partial charge in [0.2, 0.25) is 10.0 Å². The van der Waals surface area contributed by atoms with Crippen LogP contribution in [0.2, 0.25) is 0 Å². The summed E-state index contributed by atoms with van der Waals surface area (Å²) in [6.07, 6.45) is 2.09. The number of aliphatic hydroxyl groups is 1. The molecule has 0 aliphatic heterocycles. The third-order valence-corrected chi connectivity index (χ3v) is 4.30. The molecule has 0 saturated carbocycles. The van der Waals surface area contributed by atoms with Crippen molar-refractivity contribution in [2.75, 3.05) is 26.4 Å². The van der Waals surface area contributed by atoms with Crippen LogP contribution in [-0.2, 0) is 21.2 Å². The summed E-state index contributed by atoms with van der Waals surface area (Å²) >= 11 is 0. The molecule has 1 aromatic carbocycles. The first kappa shape index (κ1) is 17.1. The van der Waals surface area contributed by atoms with Gasteiger partial charge in [-0.05, 0) is 43.9 Å². The SMILES string of the molecule is CCOCCCNS(=O)(=O)c1ccc(CCCO)cc1. The lowest BCUT2D eigenvalue weighted by atomic mass is 10.1. The van der Waals surface area contributed by atoms with Crippen molar-refractivity contribution < 1.29 is 18.3 Å². The van der Waals surface area contributed by atoms with Crippen LogP contribution in [0.15, 0.2) is 29.2 Å². The lowest BCUT2D eigenvalue weighted by molar-refractivity contribution is 0.146. The highest BCUT2D eigenvalue weighted by molar-refractivity contribution is 7.89. The number of nitrogens with one attached hydrogen (secondary N) is 1. The largest absolute Gasteiger partial charge is 0.396 e. The summed E-state index contributed by atoms with van der Waals surface area (Å²) < 4.78 is 31.7. The summed E-state index contributed by atoms with van der Waals surface area (Å²) in [5.74, 6) is 0. The van der Waals surface area contributed by atoms with Gasteiger partial charge in [0.25, 0.3) is 0 Å². The van der Waals surface area contributed by atoms with Gasteiger partial charge in [-0.15, -0.1) is 0 Å². The molecule has 0 saturated heterocycles. The monoisotopic (exact) mass is 301 g/mol. The molecule has 0 spiro atoms. The Morgan fingerprint density at radius 2 is 1.90 bits per heavy atom. The third kappa shape index (κ3) is 6.00. The Morgan fingerprint density at radius 1 is 1.20 bits per heavy atom. The minimum atomic E-state index is -3.44. The van der Waals surface area contributed by atoms with E-state index < -0.39 is 10.0 Å². The van der Waals surface area contributed by atoms with E-state index in [1.807, 2.05) is 6.92 Å². The van der Waals surface area contributed by atoms with Crippen LogP contribution in [0.5, 0.6) is 0 Å². The molecule has 2 N–H and O–H groups in total. The summed E-state index contributed by atoms with van der Waals surface area (Å²) in [5.41, 5.74) is 1.02. The highest BCUT2D eigenvalue weighted by Crippen LogP contribution is 2.11. The van der Waals surface area contributed by atoms with Gasteiger partial charge in [-0.3, -0.25) is 0 Å². The summed E-state index contributed by atoms with van der Waals surface area (Å²) in [6, 6.07) is 6.75. The smallest absolute Gasteiger partial charge is 0.240 e. The van der Waals surface area contributed by atoms with E-state index in [9.17, 15) is 8.42 Å². The molecule has 0 atom stereocenters. The molecule has 0 aromatic heterocycles. The average molecular weight is 301 g/mol. The predicted octanol–water partition coefficient (Wildman–Crippen LogP) is 1.32. The van der Waals surface area contributed by atoms with Crippen molar-refractivity contribution in [3.8, 4) is 0 Å². The van der Waals surface area contributed by atoms with Gasteiger partial charge in [-0.1, -0.05) is 12.1 Å². The van der Waals surface area contributed by atoms with E-state index in [0.29, 0.717) is 32.6 Å². The Kier molecular flexibility index (Phi) is 7.76. The van der Waals surface area contributed by atoms with E-state index in [-0.39, 0.29) is 11.5 Å². The number of ether oxygens (including phenoxy) is 1. The summed E-state index contributed by atoms with van der Waals surface area (Å²) in [7, 11) is -3.44. The third-order valence-electron chi connectivity index (χ3n) is 2.82. The van der Waals surface area contributed by atoms with E-state index in [4.69, 9.17) is 9.84 Å². The molecule has 0 fully saturated rings. The Morgan fingerprint density at radius 3 is 2.50 bits per heavy atom. The minimum absolute atomic E-state index is 0.140. The molecule has 0 unspecified atom stereocenters. The minimum Gasteiger partial charge on any atom is -0.396 e. The lowest BCUT2D eigenvalue weighted by Gasteiger charge is -2.07. The number of hydrogen-bond acceptors (Lipinski definition) is 4. The number of sulfonamides is 1. The van der Waals surface area contributed by atoms with Crippen LogP contribution in [0.3, 0.4) is 0 Å². The zero-order valence-electron chi connectivity index (χ0n) is 11.8. The normalized spacial score (nSPS) is 11.7. The van der Waals surface area contributed by atoms with Crippen LogP contribution >= 0.6 is 0 Å². The second-order valence-corrected chi connectivity index (χ2v) is 6.19. The molecular weight excluding hydrogens is 278 g/mol. The summed E-state index contributed by atoms with van der Waals surface area (Å²) in [5, 5.41) is 8.75. The Bertz CT molecular complexity index is 470. The summed E-state index contributed by atoms with van der Waals surface area (Å²) in [4.78, 5) is 0.265. The molecule has 0 aliphatic carbocycles. The van der Waals surface area contributed by atoms with Crippen LogP contribution < -0.4 is 4.72 Å². The molecule has 0 amide bonds. The number of benzene rings is 1. The lowest BCUT2D eigenvalue weighted by Crippen LogP contribution is -2.25. The predicted molar refractivity (Wildman–Crippen MR) is 78.1 cm³/mol. The zero-order chi connectivity index (χ0) is 14.8. The quantitative estimate of drug-likeness (QED) is 0.639. The van der Waals surface area contributed by atoms with Gasteiger partial charge in [0.15, 0.2) is 0 Å². The van der Waals surface area contributed by atoms with E-state index >= 15 is 0 Å². The molecule has 20 heavy (non-hydrogen) atoms. The summed E-state index contributed by atoms with van der Waals surface area (Å²) in [6.45, 7) is 3.61. The fourth-order valence-corrected chi connectivity index (χ4v) is 2.80. The highest BCUT2D eigenvalue weighted by atomic mass is 32.2. The van der Waals surface area contributed by atoms with E-state index in [1.54, 1.807) is 24.3 Å². The van der Waals surface area contributed by atoms with Gasteiger partial charge in [0.05, 0.1) is 4.90 Å². The number of hydrogen-bond donors (Lipinski definition) is 2. The maximum absolute atomic E-state index is 12.0. The second kappa shape index (κ2) is 9.07. The molecule has 0 radical (unpaired) electrons. The topological polar surface area (TPSA) is 75.6 Å². The number of rotatable bonds is 10. The molecule has 0 aliphatic rings. The van der Waals surface area contributed by atoms with Crippen molar-refractivity contribution in [2.24, 2.45) is 0 Å². The number of aryl methyl sites for hydroxylation is 1. The Labute approximate surface area is 121 Å². The van der Waals surface area contributed by atoms with Gasteiger partial charge < -0.3 is 9.84 Å². The van der Waals surface area contributed by atoms with Crippen LogP contribution in [0.4, 0.5) is 0 Å². The zero-order valence-corrected chi connectivity index (χ0v) is 12.7. The van der Waals surface area contributed by atoms with Gasteiger partial charge in [-0.25, -0.2) is 13.1 Å². The van der Waals surface area contributed by atoms with Crippen LogP contribution in [0, 0.1) is 0 Å². The van der Waals surface area contributed by atoms with Gasteiger partial charge in [0.1, 0.15) is 0 Å². The molecule has 1 rings (SSSR count). The fourth-order valence-electron chi connectivity index (χ4n) is 1.73. The molecule has 114 valence electrons. The highest BCUT2D eigenvalue weighted by Gasteiger charge is 2.12. The first-order valence-electron chi connectivity index (χ1n) is 6.87. The van der Waals surface area contributed by atoms with Crippen molar-refractivity contribution >= 4 is 10.0 Å². The molecule has 5 nitrogen and oxygen atoms in total. The second-order valence-electron chi connectivity index (χ2n) is 4.42. The van der Waals surface area contributed by atoms with E-state index in [0.717, 1.165) is 12.0 Å². The van der Waals surface area contributed by atoms with Crippen molar-refractivity contribution in [3.63, 3.8) is 0 Å². The molecular formula is C14H23NO4S. The number of aliphatic hydroxyl groups excluding tert-OH is 1. The average Bonchev–Trinajstić information content (AvgIpc) is 2.45. The fraction of sp³-hybridized carbons (Fsp3) is 0.571. The molecule has 0 bridgehead atoms. The Balaban J connectivity index is 2.50. The maximum Gasteiger partial charge on any atom is 0.240 e. The van der Waals surface area contributed by atoms with Crippen molar-refractivity contribution in [1.82, 2.24) is 4.72 Å². The first-order valence-corrected chi connectivity index (χ1v) is 8.35. The van der Waals surface area contributed by atoms with E-state index in [1.165, 1.54) is 0 Å². The van der Waals surface area contributed by atoms with Gasteiger partial charge >= 0.3 is 0 Å². The van der Waals surface area contributed by atoms with Gasteiger partial charge in [-0.2, -0.15) is 0 Å². The first-order chi connectivity index (χ1) is 9.60. The molecule has 0 heterocycles. The molecule has 6 heteroatoms. The standard InChI is InChI=1S/C14H23NO4S/c1-2-19-12-4-10-15-20(17,18)14-8-6-13(7-9-14)5-3-11-16/h6-9,15-16H,2-5,10-12H2,1H3.